The van der Waals surface area contributed by atoms with Crippen LogP contribution in [0.2, 0.25) is 0 Å². The summed E-state index contributed by atoms with van der Waals surface area (Å²) >= 11 is 0. The summed E-state index contributed by atoms with van der Waals surface area (Å²) in [6, 6.07) is 0. The Morgan fingerprint density at radius 3 is 1.83 bits per heavy atom. The van der Waals surface area contributed by atoms with E-state index >= 15 is 0 Å². The van der Waals surface area contributed by atoms with Crippen molar-refractivity contribution in [2.24, 2.45) is 5.92 Å². The predicted octanol–water partition coefficient (Wildman–Crippen LogP) is 2.14. The highest BCUT2D eigenvalue weighted by molar-refractivity contribution is 5.05. The van der Waals surface area contributed by atoms with E-state index in [-0.39, 0.29) is 5.92 Å². The second-order valence-electron chi connectivity index (χ2n) is 3.93. The van der Waals surface area contributed by atoms with Crippen molar-refractivity contribution in [1.82, 2.24) is 0 Å². The predicted molar refractivity (Wildman–Crippen MR) is 38.9 cm³/mol. The molecule has 0 aliphatic heterocycles. The molecule has 0 aromatic rings. The number of rotatable bonds is 2. The van der Waals surface area contributed by atoms with Crippen molar-refractivity contribution >= 4 is 0 Å². The molecule has 0 radical (unpaired) electrons. The molecule has 1 saturated carbocycles. The fourth-order valence-electron chi connectivity index (χ4n) is 1.61. The molecule has 1 aliphatic rings. The Morgan fingerprint density at radius 1 is 1.17 bits per heavy atom. The highest BCUT2D eigenvalue weighted by Crippen LogP contribution is 2.51. The minimum Gasteiger partial charge on any atom is -0.390 e. The third-order valence-corrected chi connectivity index (χ3v) is 2.27. The number of aliphatic hydroxyl groups is 1. The Kier molecular flexibility index (Phi) is 2.15. The third-order valence-electron chi connectivity index (χ3n) is 2.27. The van der Waals surface area contributed by atoms with Gasteiger partial charge >= 0.3 is 0 Å². The zero-order valence-electron chi connectivity index (χ0n) is 7.15. The zero-order valence-corrected chi connectivity index (χ0v) is 7.15. The number of aliphatic hydroxyl groups excluding tert-OH is 1. The van der Waals surface area contributed by atoms with Gasteiger partial charge in [-0.05, 0) is 5.92 Å². The fraction of sp³-hybridized carbons (Fsp3) is 1.00. The maximum Gasteiger partial charge on any atom is 0.254 e. The molecule has 0 aromatic heterocycles. The van der Waals surface area contributed by atoms with Crippen LogP contribution < -0.4 is 0 Å². The molecule has 1 atom stereocenters. The van der Waals surface area contributed by atoms with Crippen LogP contribution in [0.25, 0.3) is 0 Å². The van der Waals surface area contributed by atoms with Gasteiger partial charge in [-0.3, -0.25) is 0 Å². The van der Waals surface area contributed by atoms with Gasteiger partial charge in [0.05, 0.1) is 6.10 Å². The molecule has 0 saturated heterocycles. The summed E-state index contributed by atoms with van der Waals surface area (Å²) in [4.78, 5) is 0. The van der Waals surface area contributed by atoms with Crippen LogP contribution in [0.1, 0.15) is 26.7 Å². The minimum absolute atomic E-state index is 0.314. The lowest BCUT2D eigenvalue weighted by Gasteiger charge is -2.45. The Bertz CT molecular complexity index is 171. The van der Waals surface area contributed by atoms with E-state index in [2.05, 4.69) is 0 Å². The van der Waals surface area contributed by atoms with E-state index in [1.54, 1.807) is 13.8 Å². The molecule has 1 unspecified atom stereocenters. The second-order valence-corrected chi connectivity index (χ2v) is 3.93. The van der Waals surface area contributed by atoms with E-state index in [9.17, 15) is 18.3 Å². The van der Waals surface area contributed by atoms with Gasteiger partial charge in [0.2, 0.25) is 0 Å². The van der Waals surface area contributed by atoms with Crippen LogP contribution in [0.3, 0.4) is 0 Å². The molecular weight excluding hydrogens is 169 g/mol. The molecule has 0 aromatic carbocycles. The fourth-order valence-corrected chi connectivity index (χ4v) is 1.61. The summed E-state index contributed by atoms with van der Waals surface area (Å²) in [5, 5.41) is 9.23. The zero-order chi connectivity index (χ0) is 9.57. The van der Waals surface area contributed by atoms with Crippen molar-refractivity contribution in [3.05, 3.63) is 0 Å². The molecule has 12 heavy (non-hydrogen) atoms. The maximum absolute atomic E-state index is 13.3. The molecule has 0 heterocycles. The normalized spacial score (nSPS) is 28.2. The first-order valence-corrected chi connectivity index (χ1v) is 4.02. The van der Waals surface area contributed by atoms with Crippen LogP contribution in [-0.4, -0.2) is 22.8 Å². The van der Waals surface area contributed by atoms with Crippen molar-refractivity contribution in [3.63, 3.8) is 0 Å². The van der Waals surface area contributed by atoms with Gasteiger partial charge in [-0.25, -0.2) is 13.2 Å². The maximum atomic E-state index is 13.3. The SMILES string of the molecule is CC(C)C(O)C1(F)CC(F)(F)C1. The first kappa shape index (κ1) is 9.84. The molecular formula is C8H13F3O. The van der Waals surface area contributed by atoms with Crippen LogP contribution in [0.5, 0.6) is 0 Å². The van der Waals surface area contributed by atoms with Crippen molar-refractivity contribution < 1.29 is 18.3 Å². The number of alkyl halides is 3. The molecule has 0 spiro atoms. The summed E-state index contributed by atoms with van der Waals surface area (Å²) in [5.74, 6) is -3.23. The lowest BCUT2D eigenvalue weighted by molar-refractivity contribution is -0.214. The van der Waals surface area contributed by atoms with Gasteiger partial charge in [0, 0.05) is 12.8 Å². The molecule has 1 aliphatic carbocycles. The quantitative estimate of drug-likeness (QED) is 0.693. The van der Waals surface area contributed by atoms with Gasteiger partial charge in [-0.1, -0.05) is 13.8 Å². The molecule has 72 valence electrons. The second kappa shape index (κ2) is 2.62. The summed E-state index contributed by atoms with van der Waals surface area (Å²) < 4.78 is 37.9. The average molecular weight is 182 g/mol. The van der Waals surface area contributed by atoms with E-state index < -0.39 is 30.5 Å². The lowest BCUT2D eigenvalue weighted by Crippen LogP contribution is -2.57. The molecule has 1 fully saturated rings. The van der Waals surface area contributed by atoms with Crippen LogP contribution >= 0.6 is 0 Å². The molecule has 1 nitrogen and oxygen atoms in total. The van der Waals surface area contributed by atoms with Crippen molar-refractivity contribution in [1.29, 1.82) is 0 Å². The molecule has 1 N–H and O–H groups in total. The average Bonchev–Trinajstić information content (AvgIpc) is 1.81. The van der Waals surface area contributed by atoms with Gasteiger partial charge in [0.25, 0.3) is 5.92 Å². The standard InChI is InChI=1S/C8H13F3O/c1-5(2)6(12)7(9)3-8(10,11)4-7/h5-6,12H,3-4H2,1-2H3. The lowest BCUT2D eigenvalue weighted by atomic mass is 9.71. The third kappa shape index (κ3) is 1.58. The molecule has 1 rings (SSSR count). The van der Waals surface area contributed by atoms with E-state index in [1.165, 1.54) is 0 Å². The Morgan fingerprint density at radius 2 is 1.58 bits per heavy atom. The highest BCUT2D eigenvalue weighted by atomic mass is 19.3. The topological polar surface area (TPSA) is 20.2 Å². The number of hydrogen-bond acceptors (Lipinski definition) is 1. The van der Waals surface area contributed by atoms with Crippen LogP contribution in [-0.2, 0) is 0 Å². The monoisotopic (exact) mass is 182 g/mol. The minimum atomic E-state index is -2.91. The van der Waals surface area contributed by atoms with E-state index in [1.807, 2.05) is 0 Å². The summed E-state index contributed by atoms with van der Waals surface area (Å²) in [6.07, 6.45) is -2.93. The first-order chi connectivity index (χ1) is 5.27. The molecule has 0 bridgehead atoms. The Balaban J connectivity index is 2.55. The van der Waals surface area contributed by atoms with E-state index in [4.69, 9.17) is 0 Å². The van der Waals surface area contributed by atoms with Crippen molar-refractivity contribution in [2.75, 3.05) is 0 Å². The largest absolute Gasteiger partial charge is 0.390 e. The van der Waals surface area contributed by atoms with E-state index in [0.717, 1.165) is 0 Å². The Hall–Kier alpha value is -0.250. The molecule has 0 amide bonds. The van der Waals surface area contributed by atoms with Gasteiger partial charge in [-0.15, -0.1) is 0 Å². The van der Waals surface area contributed by atoms with Gasteiger partial charge in [-0.2, -0.15) is 0 Å². The number of hydrogen-bond donors (Lipinski definition) is 1. The Labute approximate surface area is 69.6 Å². The highest BCUT2D eigenvalue weighted by Gasteiger charge is 2.61. The molecule has 4 heteroatoms. The van der Waals surface area contributed by atoms with Gasteiger partial charge in [0.15, 0.2) is 0 Å². The van der Waals surface area contributed by atoms with Crippen LogP contribution in [0.4, 0.5) is 13.2 Å². The van der Waals surface area contributed by atoms with Crippen LogP contribution in [0.15, 0.2) is 0 Å². The van der Waals surface area contributed by atoms with Gasteiger partial charge in [0.1, 0.15) is 5.67 Å². The van der Waals surface area contributed by atoms with E-state index in [0.29, 0.717) is 0 Å². The summed E-state index contributed by atoms with van der Waals surface area (Å²) in [5.41, 5.74) is -2.06. The smallest absolute Gasteiger partial charge is 0.254 e. The summed E-state index contributed by atoms with van der Waals surface area (Å²) in [7, 11) is 0. The van der Waals surface area contributed by atoms with Crippen LogP contribution in [0, 0.1) is 5.92 Å². The van der Waals surface area contributed by atoms with Crippen molar-refractivity contribution in [2.45, 2.75) is 44.4 Å². The summed E-state index contributed by atoms with van der Waals surface area (Å²) in [6.45, 7) is 3.23. The first-order valence-electron chi connectivity index (χ1n) is 4.02. The van der Waals surface area contributed by atoms with Crippen molar-refractivity contribution in [3.8, 4) is 0 Å². The van der Waals surface area contributed by atoms with Gasteiger partial charge < -0.3 is 5.11 Å². The number of halogens is 3.